The van der Waals surface area contributed by atoms with Gasteiger partial charge in [-0.05, 0) is 0 Å². The van der Waals surface area contributed by atoms with E-state index in [2.05, 4.69) is 5.43 Å². The Kier molecular flexibility index (Phi) is 2.81. The van der Waals surface area contributed by atoms with Crippen molar-refractivity contribution in [2.75, 3.05) is 26.3 Å². The number of carbonyl (C=O) groups excluding carboxylic acids is 1. The minimum absolute atomic E-state index is 0.234. The van der Waals surface area contributed by atoms with Gasteiger partial charge in [-0.25, -0.2) is 4.59 Å². The number of benzene rings is 1. The van der Waals surface area contributed by atoms with E-state index in [-0.39, 0.29) is 11.9 Å². The van der Waals surface area contributed by atoms with Crippen molar-refractivity contribution in [3.05, 3.63) is 35.9 Å². The Bertz CT molecular complexity index is 443. The molecule has 5 nitrogen and oxygen atoms in total. The van der Waals surface area contributed by atoms with Crippen LogP contribution >= 0.6 is 0 Å². The largest absolute Gasteiger partial charge is 0.377 e. The van der Waals surface area contributed by atoms with Gasteiger partial charge in [-0.3, -0.25) is 4.79 Å². The van der Waals surface area contributed by atoms with E-state index < -0.39 is 6.10 Å². The van der Waals surface area contributed by atoms with Gasteiger partial charge in [0.1, 0.15) is 13.1 Å². The molecule has 2 fully saturated rings. The molecule has 18 heavy (non-hydrogen) atoms. The second kappa shape index (κ2) is 4.35. The molecule has 2 aliphatic heterocycles. The lowest BCUT2D eigenvalue weighted by atomic mass is 10.00. The predicted molar refractivity (Wildman–Crippen MR) is 64.1 cm³/mol. The number of nitrogens with zero attached hydrogens (tertiary/aromatic N) is 1. The van der Waals surface area contributed by atoms with Crippen molar-refractivity contribution in [3.63, 3.8) is 0 Å². The number of carbonyl (C=O) groups is 1. The predicted octanol–water partition coefficient (Wildman–Crippen LogP) is -0.0196. The average molecular weight is 249 g/mol. The van der Waals surface area contributed by atoms with Crippen LogP contribution in [-0.2, 0) is 9.53 Å². The van der Waals surface area contributed by atoms with Crippen LogP contribution in [0.15, 0.2) is 30.3 Å². The Morgan fingerprint density at radius 2 is 1.89 bits per heavy atom. The molecule has 0 radical (unpaired) electrons. The van der Waals surface area contributed by atoms with E-state index >= 15 is 0 Å². The van der Waals surface area contributed by atoms with Crippen molar-refractivity contribution in [3.8, 4) is 0 Å². The van der Waals surface area contributed by atoms with E-state index in [1.54, 1.807) is 0 Å². The van der Waals surface area contributed by atoms with Crippen LogP contribution in [0, 0.1) is 0 Å². The van der Waals surface area contributed by atoms with Gasteiger partial charge >= 0.3 is 5.91 Å². The fraction of sp³-hybridized carbons (Fsp3) is 0.462. The quantitative estimate of drug-likeness (QED) is 0.688. The summed E-state index contributed by atoms with van der Waals surface area (Å²) in [6.45, 7) is 2.61. The molecule has 1 aromatic rings. The third kappa shape index (κ3) is 1.71. The molecular formula is C13H17N2O3+. The molecule has 5 heteroatoms. The summed E-state index contributed by atoms with van der Waals surface area (Å²) in [5.74, 6) is -0.286. The number of aliphatic hydroxyl groups excluding tert-OH is 1. The van der Waals surface area contributed by atoms with E-state index in [1.807, 2.05) is 30.3 Å². The van der Waals surface area contributed by atoms with Crippen LogP contribution in [0.1, 0.15) is 11.6 Å². The molecule has 1 spiro atoms. The Morgan fingerprint density at radius 1 is 1.22 bits per heavy atom. The smallest absolute Gasteiger partial charge is 0.300 e. The molecule has 0 unspecified atom stereocenters. The summed E-state index contributed by atoms with van der Waals surface area (Å²) in [7, 11) is 0. The third-order valence-electron chi connectivity index (χ3n) is 3.84. The highest BCUT2D eigenvalue weighted by atomic mass is 16.5. The van der Waals surface area contributed by atoms with Crippen molar-refractivity contribution < 1.29 is 19.2 Å². The number of nitrogens with one attached hydrogen (secondary N) is 1. The lowest BCUT2D eigenvalue weighted by Gasteiger charge is -2.40. The van der Waals surface area contributed by atoms with E-state index in [9.17, 15) is 9.90 Å². The number of morpholine rings is 1. The molecule has 2 heterocycles. The molecule has 0 bridgehead atoms. The first-order chi connectivity index (χ1) is 8.73. The minimum atomic E-state index is -0.981. The van der Waals surface area contributed by atoms with Crippen LogP contribution < -0.4 is 5.43 Å². The maximum absolute atomic E-state index is 11.8. The SMILES string of the molecule is O=C1N[N+]2(CCOCC2)[C@H](c2ccccc2)[C@H]1O. The van der Waals surface area contributed by atoms with Crippen molar-refractivity contribution in [1.82, 2.24) is 5.43 Å². The molecule has 2 N–H and O–H groups in total. The Balaban J connectivity index is 2.00. The molecule has 0 aromatic heterocycles. The highest BCUT2D eigenvalue weighted by Gasteiger charge is 2.54. The Hall–Kier alpha value is -1.43. The van der Waals surface area contributed by atoms with Crippen molar-refractivity contribution in [1.29, 1.82) is 0 Å². The first kappa shape index (κ1) is 11.6. The zero-order chi connectivity index (χ0) is 12.6. The van der Waals surface area contributed by atoms with Crippen LogP contribution in [-0.4, -0.2) is 48.0 Å². The van der Waals surface area contributed by atoms with Gasteiger partial charge in [0, 0.05) is 5.56 Å². The maximum Gasteiger partial charge on any atom is 0.300 e. The van der Waals surface area contributed by atoms with Gasteiger partial charge in [0.2, 0.25) is 0 Å². The van der Waals surface area contributed by atoms with Gasteiger partial charge in [-0.15, -0.1) is 0 Å². The third-order valence-corrected chi connectivity index (χ3v) is 3.84. The zero-order valence-electron chi connectivity index (χ0n) is 10.1. The molecule has 2 atom stereocenters. The summed E-state index contributed by atoms with van der Waals surface area (Å²) in [5.41, 5.74) is 3.93. The van der Waals surface area contributed by atoms with Crippen LogP contribution in [0.2, 0.25) is 0 Å². The number of hydrogen-bond donors (Lipinski definition) is 2. The first-order valence-corrected chi connectivity index (χ1v) is 6.23. The number of quaternary nitrogens is 1. The molecule has 0 aliphatic carbocycles. The first-order valence-electron chi connectivity index (χ1n) is 6.23. The van der Waals surface area contributed by atoms with E-state index in [0.717, 1.165) is 5.56 Å². The summed E-state index contributed by atoms with van der Waals surface area (Å²) in [5, 5.41) is 10.2. The maximum atomic E-state index is 11.8. The number of ether oxygens (including phenoxy) is 1. The molecule has 1 amide bonds. The van der Waals surface area contributed by atoms with E-state index in [4.69, 9.17) is 4.74 Å². The molecule has 0 saturated carbocycles. The Morgan fingerprint density at radius 3 is 2.56 bits per heavy atom. The summed E-state index contributed by atoms with van der Waals surface area (Å²) < 4.78 is 5.77. The zero-order valence-corrected chi connectivity index (χ0v) is 10.1. The van der Waals surface area contributed by atoms with Crippen LogP contribution in [0.25, 0.3) is 0 Å². The molecule has 96 valence electrons. The van der Waals surface area contributed by atoms with Crippen molar-refractivity contribution in [2.24, 2.45) is 0 Å². The number of hydrogen-bond acceptors (Lipinski definition) is 3. The van der Waals surface area contributed by atoms with Crippen LogP contribution in [0.5, 0.6) is 0 Å². The van der Waals surface area contributed by atoms with Crippen LogP contribution in [0.3, 0.4) is 0 Å². The second-order valence-corrected chi connectivity index (χ2v) is 4.87. The molecule has 2 aliphatic rings. The normalized spacial score (nSPS) is 30.4. The molecule has 1 aromatic carbocycles. The van der Waals surface area contributed by atoms with Crippen molar-refractivity contribution >= 4 is 5.91 Å². The van der Waals surface area contributed by atoms with E-state index in [0.29, 0.717) is 30.9 Å². The Labute approximate surface area is 106 Å². The van der Waals surface area contributed by atoms with Gasteiger partial charge < -0.3 is 9.84 Å². The van der Waals surface area contributed by atoms with Crippen molar-refractivity contribution in [2.45, 2.75) is 12.1 Å². The van der Waals surface area contributed by atoms with Gasteiger partial charge in [-0.2, -0.15) is 5.43 Å². The summed E-state index contributed by atoms with van der Waals surface area (Å²) >= 11 is 0. The van der Waals surface area contributed by atoms with E-state index in [1.165, 1.54) is 0 Å². The summed E-state index contributed by atoms with van der Waals surface area (Å²) in [6, 6.07) is 9.49. The fourth-order valence-electron chi connectivity index (χ4n) is 2.95. The molecule has 3 rings (SSSR count). The van der Waals surface area contributed by atoms with Gasteiger partial charge in [0.25, 0.3) is 0 Å². The number of aliphatic hydroxyl groups is 1. The molecular weight excluding hydrogens is 232 g/mol. The highest BCUT2D eigenvalue weighted by molar-refractivity contribution is 5.81. The van der Waals surface area contributed by atoms with Gasteiger partial charge in [-0.1, -0.05) is 30.3 Å². The van der Waals surface area contributed by atoms with Crippen LogP contribution in [0.4, 0.5) is 0 Å². The minimum Gasteiger partial charge on any atom is -0.377 e. The molecule has 2 saturated heterocycles. The summed E-state index contributed by atoms with van der Waals surface area (Å²) in [4.78, 5) is 11.8. The summed E-state index contributed by atoms with van der Waals surface area (Å²) in [6.07, 6.45) is -0.981. The monoisotopic (exact) mass is 249 g/mol. The highest BCUT2D eigenvalue weighted by Crippen LogP contribution is 2.35. The lowest BCUT2D eigenvalue weighted by Crippen LogP contribution is -2.61. The fourth-order valence-corrected chi connectivity index (χ4v) is 2.95. The lowest BCUT2D eigenvalue weighted by molar-refractivity contribution is -0.987. The number of rotatable bonds is 1. The second-order valence-electron chi connectivity index (χ2n) is 4.87. The standard InChI is InChI=1S/C13H16N2O3/c16-12-11(10-4-2-1-3-5-10)15(14-13(12)17)6-8-18-9-7-15/h1-5,11-12,16H,6-9H2/p+1/t11-,12-/m1/s1. The van der Waals surface area contributed by atoms with Gasteiger partial charge in [0.15, 0.2) is 12.1 Å². The average Bonchev–Trinajstić information content (AvgIpc) is 2.63. The topological polar surface area (TPSA) is 58.6 Å². The van der Waals surface area contributed by atoms with Gasteiger partial charge in [0.05, 0.1) is 13.2 Å². The number of amides is 1.